The van der Waals surface area contributed by atoms with Crippen LogP contribution in [0.2, 0.25) is 0 Å². The summed E-state index contributed by atoms with van der Waals surface area (Å²) < 4.78 is 2.36. The lowest BCUT2D eigenvalue weighted by Gasteiger charge is -2.27. The van der Waals surface area contributed by atoms with Gasteiger partial charge in [-0.05, 0) is 80.5 Å². The van der Waals surface area contributed by atoms with Crippen molar-refractivity contribution in [3.63, 3.8) is 0 Å². The lowest BCUT2D eigenvalue weighted by Crippen LogP contribution is -2.24. The van der Waals surface area contributed by atoms with Gasteiger partial charge in [0.15, 0.2) is 0 Å². The second kappa shape index (κ2) is 8.91. The zero-order valence-electron chi connectivity index (χ0n) is 15.1. The van der Waals surface area contributed by atoms with Crippen molar-refractivity contribution < 1.29 is 5.21 Å². The molecule has 3 rings (SSSR count). The van der Waals surface area contributed by atoms with Crippen LogP contribution in [0.25, 0.3) is 0 Å². The van der Waals surface area contributed by atoms with Crippen molar-refractivity contribution in [2.24, 2.45) is 0 Å². The lowest BCUT2D eigenvalue weighted by atomic mass is 10.1. The first-order valence-corrected chi connectivity index (χ1v) is 9.48. The molecular formula is C21H23N3OS. The topological polar surface area (TPSA) is 48.4 Å². The Labute approximate surface area is 159 Å². The summed E-state index contributed by atoms with van der Waals surface area (Å²) in [5.74, 6) is 6.26. The number of hydrogen-bond donors (Lipinski definition) is 2. The van der Waals surface area contributed by atoms with E-state index >= 15 is 0 Å². The molecule has 0 radical (unpaired) electrons. The minimum Gasteiger partial charge on any atom is -0.291 e. The van der Waals surface area contributed by atoms with Crippen LogP contribution in [0, 0.1) is 25.7 Å². The number of hydrogen-bond acceptors (Lipinski definition) is 5. The standard InChI is InChI=1S/C21H23N3OS/c1-16-9-10-20(15-21(16)23-25)26-24-13-11-18(12-14-24)6-4-8-19-7-3-5-17(2)22-19/h3,5-7,9-10,15,23,25H,11-14H2,1-2H3. The SMILES string of the molecule is Cc1cccc(C#CC=C2CCN(Sc3ccc(C)c(NO)c3)CC2)n1. The average molecular weight is 366 g/mol. The largest absolute Gasteiger partial charge is 0.291 e. The van der Waals surface area contributed by atoms with Gasteiger partial charge in [0.1, 0.15) is 5.69 Å². The molecule has 0 spiro atoms. The fourth-order valence-corrected chi connectivity index (χ4v) is 3.72. The molecule has 1 aromatic carbocycles. The van der Waals surface area contributed by atoms with Crippen molar-refractivity contribution in [2.75, 3.05) is 18.6 Å². The fourth-order valence-electron chi connectivity index (χ4n) is 2.76. The zero-order chi connectivity index (χ0) is 18.4. The van der Waals surface area contributed by atoms with E-state index in [9.17, 15) is 0 Å². The molecule has 2 N–H and O–H groups in total. The Morgan fingerprint density at radius 2 is 2.00 bits per heavy atom. The van der Waals surface area contributed by atoms with E-state index in [1.807, 2.05) is 50.3 Å². The van der Waals surface area contributed by atoms with Crippen molar-refractivity contribution in [1.82, 2.24) is 9.29 Å². The number of anilines is 1. The monoisotopic (exact) mass is 365 g/mol. The summed E-state index contributed by atoms with van der Waals surface area (Å²) in [6, 6.07) is 12.0. The molecular weight excluding hydrogens is 342 g/mol. The third-order valence-electron chi connectivity index (χ3n) is 4.29. The number of aryl methyl sites for hydroxylation is 2. The molecule has 26 heavy (non-hydrogen) atoms. The number of aromatic nitrogens is 1. The first kappa shape index (κ1) is 18.5. The molecule has 5 heteroatoms. The van der Waals surface area contributed by atoms with E-state index < -0.39 is 0 Å². The maximum Gasteiger partial charge on any atom is 0.113 e. The smallest absolute Gasteiger partial charge is 0.113 e. The van der Waals surface area contributed by atoms with Gasteiger partial charge in [-0.3, -0.25) is 10.7 Å². The number of nitrogens with one attached hydrogen (secondary N) is 1. The molecule has 0 saturated carbocycles. The second-order valence-electron chi connectivity index (χ2n) is 6.34. The zero-order valence-corrected chi connectivity index (χ0v) is 15.9. The van der Waals surface area contributed by atoms with Crippen LogP contribution < -0.4 is 5.48 Å². The van der Waals surface area contributed by atoms with Gasteiger partial charge in [0.05, 0.1) is 5.69 Å². The third-order valence-corrected chi connectivity index (χ3v) is 5.38. The minimum absolute atomic E-state index is 0.757. The molecule has 0 amide bonds. The van der Waals surface area contributed by atoms with E-state index in [1.165, 1.54) is 5.57 Å². The molecule has 0 unspecified atom stereocenters. The van der Waals surface area contributed by atoms with Gasteiger partial charge in [0.2, 0.25) is 0 Å². The molecule has 1 aromatic heterocycles. The molecule has 2 heterocycles. The minimum atomic E-state index is 0.757. The number of rotatable bonds is 3. The fraction of sp³-hybridized carbons (Fsp3) is 0.286. The molecule has 0 aliphatic carbocycles. The highest BCUT2D eigenvalue weighted by Gasteiger charge is 2.15. The summed E-state index contributed by atoms with van der Waals surface area (Å²) in [5, 5.41) is 9.17. The normalized spacial score (nSPS) is 14.5. The summed E-state index contributed by atoms with van der Waals surface area (Å²) in [5.41, 5.74) is 7.25. The van der Waals surface area contributed by atoms with Crippen molar-refractivity contribution in [1.29, 1.82) is 0 Å². The quantitative estimate of drug-likeness (QED) is 0.474. The van der Waals surface area contributed by atoms with Gasteiger partial charge in [-0.15, -0.1) is 0 Å². The number of piperidine rings is 1. The maximum atomic E-state index is 9.17. The van der Waals surface area contributed by atoms with Gasteiger partial charge in [0, 0.05) is 23.7 Å². The maximum absolute atomic E-state index is 9.17. The Morgan fingerprint density at radius 1 is 1.19 bits per heavy atom. The first-order chi connectivity index (χ1) is 12.6. The number of allylic oxidation sites excluding steroid dienone is 1. The van der Waals surface area contributed by atoms with Gasteiger partial charge >= 0.3 is 0 Å². The first-order valence-electron chi connectivity index (χ1n) is 8.71. The third kappa shape index (κ3) is 5.12. The Hall–Kier alpha value is -2.26. The average Bonchev–Trinajstić information content (AvgIpc) is 2.65. The predicted molar refractivity (Wildman–Crippen MR) is 107 cm³/mol. The van der Waals surface area contributed by atoms with Crippen molar-refractivity contribution in [3.8, 4) is 11.8 Å². The highest BCUT2D eigenvalue weighted by molar-refractivity contribution is 7.97. The van der Waals surface area contributed by atoms with Crippen LogP contribution >= 0.6 is 11.9 Å². The van der Waals surface area contributed by atoms with Gasteiger partial charge in [-0.25, -0.2) is 9.29 Å². The van der Waals surface area contributed by atoms with Crippen LogP contribution in [0.1, 0.15) is 29.8 Å². The van der Waals surface area contributed by atoms with E-state index in [0.717, 1.165) is 53.5 Å². The van der Waals surface area contributed by atoms with Crippen molar-refractivity contribution >= 4 is 17.6 Å². The van der Waals surface area contributed by atoms with Crippen LogP contribution in [-0.4, -0.2) is 27.6 Å². The Balaban J connectivity index is 1.54. The summed E-state index contributed by atoms with van der Waals surface area (Å²) in [7, 11) is 0. The van der Waals surface area contributed by atoms with E-state index in [4.69, 9.17) is 5.21 Å². The summed E-state index contributed by atoms with van der Waals surface area (Å²) >= 11 is 1.74. The van der Waals surface area contributed by atoms with Crippen molar-refractivity contribution in [2.45, 2.75) is 31.6 Å². The van der Waals surface area contributed by atoms with E-state index in [1.54, 1.807) is 11.9 Å². The molecule has 1 saturated heterocycles. The second-order valence-corrected chi connectivity index (χ2v) is 7.52. The molecule has 4 nitrogen and oxygen atoms in total. The molecule has 134 valence electrons. The molecule has 1 fully saturated rings. The van der Waals surface area contributed by atoms with Gasteiger partial charge in [-0.1, -0.05) is 23.6 Å². The molecule has 1 aliphatic heterocycles. The highest BCUT2D eigenvalue weighted by atomic mass is 32.2. The number of pyridine rings is 1. The summed E-state index contributed by atoms with van der Waals surface area (Å²) in [6.45, 7) is 5.94. The van der Waals surface area contributed by atoms with Crippen LogP contribution in [0.4, 0.5) is 5.69 Å². The van der Waals surface area contributed by atoms with E-state index in [-0.39, 0.29) is 0 Å². The highest BCUT2D eigenvalue weighted by Crippen LogP contribution is 2.30. The van der Waals surface area contributed by atoms with Gasteiger partial charge in [-0.2, -0.15) is 0 Å². The summed E-state index contributed by atoms with van der Waals surface area (Å²) in [6.07, 6.45) is 4.10. The van der Waals surface area contributed by atoms with Crippen molar-refractivity contribution in [3.05, 3.63) is 65.0 Å². The van der Waals surface area contributed by atoms with Crippen LogP contribution in [-0.2, 0) is 0 Å². The molecule has 1 aliphatic rings. The number of benzene rings is 1. The van der Waals surface area contributed by atoms with E-state index in [0.29, 0.717) is 0 Å². The predicted octanol–water partition coefficient (Wildman–Crippen LogP) is 4.58. The lowest BCUT2D eigenvalue weighted by molar-refractivity contribution is 0.388. The molecule has 2 aromatic rings. The van der Waals surface area contributed by atoms with Crippen LogP contribution in [0.15, 0.2) is 52.9 Å². The Kier molecular flexibility index (Phi) is 6.35. The molecule has 0 bridgehead atoms. The number of nitrogens with zero attached hydrogens (tertiary/aromatic N) is 2. The summed E-state index contributed by atoms with van der Waals surface area (Å²) in [4.78, 5) is 5.53. The van der Waals surface area contributed by atoms with E-state index in [2.05, 4.69) is 32.7 Å². The van der Waals surface area contributed by atoms with Gasteiger partial charge in [0.25, 0.3) is 0 Å². The Bertz CT molecular complexity index is 857. The Morgan fingerprint density at radius 3 is 2.73 bits per heavy atom. The molecule has 0 atom stereocenters. The van der Waals surface area contributed by atoms with Gasteiger partial charge < -0.3 is 0 Å². The van der Waals surface area contributed by atoms with Crippen LogP contribution in [0.3, 0.4) is 0 Å². The van der Waals surface area contributed by atoms with Crippen LogP contribution in [0.5, 0.6) is 0 Å².